The summed E-state index contributed by atoms with van der Waals surface area (Å²) >= 11 is 1.62. The third kappa shape index (κ3) is 12.0. The number of nitriles is 2. The predicted octanol–water partition coefficient (Wildman–Crippen LogP) is 2.19. The van der Waals surface area contributed by atoms with Crippen LogP contribution in [0.25, 0.3) is 21.8 Å². The van der Waals surface area contributed by atoms with Crippen LogP contribution in [0.2, 0.25) is 0 Å². The van der Waals surface area contributed by atoms with Gasteiger partial charge in [0.05, 0.1) is 58.5 Å². The van der Waals surface area contributed by atoms with Crippen molar-refractivity contribution in [2.24, 2.45) is 5.73 Å². The standard InChI is InChI=1S/C26H22N6O7S.C19H18N6O4S/c1-39-26(38)20(12-29-23(35)14-5-16(33)8-17(34)6-14)31-25(37)22-15(9-27)7-21(40-22)24(36)28-10-13-3-2-4-19-18(13)11-30-32-19;1-29-19(28)14(7-21)24-18(27)16-11(6-20)5-15(30-16)17(26)22-8-10-3-2-4-13-12(10)9-23-25-13/h2-8,11,20,33-34H,10,12H2,1H3,(H,28,36)(H,29,35)(H,30,32)(H,31,37);2-5,9,14H,7-8,21H2,1H3,(H,22,26)(H,23,25)(H,24,27)/t20-;14-/m00/s1. The summed E-state index contributed by atoms with van der Waals surface area (Å²) in [5.74, 6) is -5.46. The van der Waals surface area contributed by atoms with Crippen molar-refractivity contribution < 1.29 is 53.2 Å². The van der Waals surface area contributed by atoms with Crippen molar-refractivity contribution in [3.05, 3.63) is 126 Å². The maximum absolute atomic E-state index is 13.0. The number of H-pyrrole nitrogens is 2. The van der Waals surface area contributed by atoms with Gasteiger partial charge < -0.3 is 52.0 Å². The SMILES string of the molecule is COC(=O)[C@H](CN)NC(=O)c1sc(C(=O)NCc2cccc3[nH]ncc23)cc1C#N.COC(=O)[C@H](CNC(=O)c1cc(O)cc(O)c1)NC(=O)c1sc(C(=O)NCc2cccc3[nH]ncc23)cc1C#N. The molecule has 7 rings (SSSR count). The Bertz CT molecular complexity index is 3200. The number of carbonyl (C=O) groups excluding carboxylic acids is 7. The lowest BCUT2D eigenvalue weighted by molar-refractivity contribution is -0.143. The number of hydrogen-bond acceptors (Lipinski definition) is 18. The molecule has 11 N–H and O–H groups in total. The van der Waals surface area contributed by atoms with Crippen LogP contribution in [0, 0.1) is 22.7 Å². The van der Waals surface area contributed by atoms with Crippen molar-refractivity contribution >= 4 is 86.0 Å². The Labute approximate surface area is 403 Å². The summed E-state index contributed by atoms with van der Waals surface area (Å²) in [6, 6.07) is 18.3. The Morgan fingerprint density at radius 2 is 1.11 bits per heavy atom. The van der Waals surface area contributed by atoms with Crippen molar-refractivity contribution in [3.63, 3.8) is 0 Å². The second-order valence-electron chi connectivity index (χ2n) is 14.6. The summed E-state index contributed by atoms with van der Waals surface area (Å²) in [5.41, 5.74) is 8.69. The van der Waals surface area contributed by atoms with Crippen molar-refractivity contribution in [3.8, 4) is 23.6 Å². The van der Waals surface area contributed by atoms with E-state index < -0.39 is 60.1 Å². The van der Waals surface area contributed by atoms with E-state index in [0.29, 0.717) is 0 Å². The number of methoxy groups -OCH3 is 2. The van der Waals surface area contributed by atoms with Gasteiger partial charge in [-0.2, -0.15) is 20.7 Å². The van der Waals surface area contributed by atoms with Crippen LogP contribution in [0.5, 0.6) is 11.5 Å². The maximum atomic E-state index is 13.0. The molecule has 0 spiro atoms. The molecule has 0 fully saturated rings. The molecule has 7 aromatic rings. The van der Waals surface area contributed by atoms with Crippen molar-refractivity contribution in [2.75, 3.05) is 27.3 Å². The summed E-state index contributed by atoms with van der Waals surface area (Å²) in [7, 11) is 2.27. The highest BCUT2D eigenvalue weighted by Crippen LogP contribution is 2.25. The van der Waals surface area contributed by atoms with Crippen molar-refractivity contribution in [1.82, 2.24) is 47.0 Å². The van der Waals surface area contributed by atoms with Gasteiger partial charge in [0.2, 0.25) is 0 Å². The fraction of sp³-hybridized carbons (Fsp3) is 0.178. The van der Waals surface area contributed by atoms with Gasteiger partial charge in [0.25, 0.3) is 29.5 Å². The molecule has 0 aliphatic rings. The highest BCUT2D eigenvalue weighted by atomic mass is 32.1. The number of aromatic amines is 2. The minimum absolute atomic E-state index is 0.0157. The Balaban J connectivity index is 0.000000239. The number of fused-ring (bicyclic) bond motifs is 2. The largest absolute Gasteiger partial charge is 0.508 e. The summed E-state index contributed by atoms with van der Waals surface area (Å²) in [5, 5.41) is 66.2. The molecule has 0 radical (unpaired) electrons. The number of aromatic nitrogens is 4. The van der Waals surface area contributed by atoms with Crippen molar-refractivity contribution in [1.29, 1.82) is 10.5 Å². The van der Waals surface area contributed by atoms with Crippen molar-refractivity contribution in [2.45, 2.75) is 25.2 Å². The number of phenolic OH excluding ortho intramolecular Hbond substituents is 2. The first-order valence-electron chi connectivity index (χ1n) is 20.4. The second kappa shape index (κ2) is 23.0. The number of nitrogens with zero attached hydrogens (tertiary/aromatic N) is 4. The van der Waals surface area contributed by atoms with Gasteiger partial charge in [-0.05, 0) is 47.5 Å². The van der Waals surface area contributed by atoms with Crippen LogP contribution in [0.3, 0.4) is 0 Å². The van der Waals surface area contributed by atoms with Gasteiger partial charge in [0, 0.05) is 48.6 Å². The number of benzene rings is 3. The van der Waals surface area contributed by atoms with Crippen LogP contribution >= 0.6 is 22.7 Å². The van der Waals surface area contributed by atoms with E-state index in [1.807, 2.05) is 48.5 Å². The van der Waals surface area contributed by atoms with Gasteiger partial charge in [-0.15, -0.1) is 22.7 Å². The Morgan fingerprint density at radius 3 is 1.56 bits per heavy atom. The Morgan fingerprint density at radius 1 is 0.657 bits per heavy atom. The van der Waals surface area contributed by atoms with E-state index in [2.05, 4.69) is 51.7 Å². The molecule has 23 nitrogen and oxygen atoms in total. The molecular formula is C45H40N12O11S2. The predicted molar refractivity (Wildman–Crippen MR) is 250 cm³/mol. The molecule has 0 saturated carbocycles. The summed E-state index contributed by atoms with van der Waals surface area (Å²) in [6.07, 6.45) is 3.32. The number of thiophene rings is 2. The maximum Gasteiger partial charge on any atom is 0.330 e. The van der Waals surface area contributed by atoms with Crippen LogP contribution in [0.4, 0.5) is 0 Å². The molecule has 0 unspecified atom stereocenters. The van der Waals surface area contributed by atoms with Gasteiger partial charge in [-0.3, -0.25) is 34.2 Å². The molecule has 3 aromatic carbocycles. The zero-order valence-electron chi connectivity index (χ0n) is 36.7. The smallest absolute Gasteiger partial charge is 0.330 e. The lowest BCUT2D eigenvalue weighted by atomic mass is 10.1. The number of aromatic hydroxyl groups is 2. The highest BCUT2D eigenvalue weighted by molar-refractivity contribution is 7.16. The third-order valence-electron chi connectivity index (χ3n) is 10.0. The molecule has 0 aliphatic heterocycles. The monoisotopic (exact) mass is 988 g/mol. The van der Waals surface area contributed by atoms with Crippen LogP contribution < -0.4 is 32.3 Å². The molecule has 0 bridgehead atoms. The van der Waals surface area contributed by atoms with Crippen LogP contribution in [-0.2, 0) is 32.2 Å². The van der Waals surface area contributed by atoms with E-state index in [0.717, 1.165) is 80.9 Å². The topological polar surface area (TPSA) is 370 Å². The first kappa shape index (κ1) is 50.2. The number of nitrogens with one attached hydrogen (secondary N) is 7. The number of phenols is 2. The zero-order chi connectivity index (χ0) is 50.5. The molecule has 4 heterocycles. The molecular weight excluding hydrogens is 949 g/mol. The van der Waals surface area contributed by atoms with Gasteiger partial charge in [0.1, 0.15) is 45.5 Å². The van der Waals surface area contributed by atoms with Gasteiger partial charge >= 0.3 is 11.9 Å². The number of ether oxygens (including phenoxy) is 2. The molecule has 25 heteroatoms. The molecule has 70 heavy (non-hydrogen) atoms. The molecule has 0 saturated heterocycles. The quantitative estimate of drug-likeness (QED) is 0.0620. The number of carbonyl (C=O) groups is 7. The Hall–Kier alpha value is -9.17. The number of hydrogen-bond donors (Lipinski definition) is 10. The van der Waals surface area contributed by atoms with E-state index in [-0.39, 0.29) is 67.3 Å². The van der Waals surface area contributed by atoms with E-state index in [1.165, 1.54) is 19.2 Å². The molecule has 4 aromatic heterocycles. The number of rotatable bonds is 16. The van der Waals surface area contributed by atoms with Gasteiger partial charge in [0.15, 0.2) is 0 Å². The average Bonchev–Trinajstić information content (AvgIpc) is 4.21. The summed E-state index contributed by atoms with van der Waals surface area (Å²) < 4.78 is 9.28. The Kier molecular flexibility index (Phi) is 16.5. The minimum Gasteiger partial charge on any atom is -0.508 e. The van der Waals surface area contributed by atoms with E-state index >= 15 is 0 Å². The summed E-state index contributed by atoms with van der Waals surface area (Å²) in [6.45, 7) is -0.154. The minimum atomic E-state index is -1.35. The zero-order valence-corrected chi connectivity index (χ0v) is 38.4. The van der Waals surface area contributed by atoms with Crippen LogP contribution in [0.1, 0.15) is 71.3 Å². The normalized spacial score (nSPS) is 11.4. The lowest BCUT2D eigenvalue weighted by Crippen LogP contribution is -2.49. The molecule has 5 amide bonds. The summed E-state index contributed by atoms with van der Waals surface area (Å²) in [4.78, 5) is 87.4. The average molecular weight is 989 g/mol. The molecule has 358 valence electrons. The molecule has 0 aliphatic carbocycles. The number of nitrogens with two attached hydrogens (primary N) is 1. The number of esters is 2. The van der Waals surface area contributed by atoms with Crippen LogP contribution in [0.15, 0.2) is 79.1 Å². The fourth-order valence-corrected chi connectivity index (χ4v) is 8.42. The van der Waals surface area contributed by atoms with E-state index in [1.54, 1.807) is 12.4 Å². The number of amides is 5. The third-order valence-corrected chi connectivity index (χ3v) is 12.3. The first-order valence-corrected chi connectivity index (χ1v) is 22.1. The second-order valence-corrected chi connectivity index (χ2v) is 16.7. The molecule has 2 atom stereocenters. The van der Waals surface area contributed by atoms with E-state index in [9.17, 15) is 54.3 Å². The lowest BCUT2D eigenvalue weighted by Gasteiger charge is -2.17. The van der Waals surface area contributed by atoms with Gasteiger partial charge in [-0.25, -0.2) is 9.59 Å². The fourth-order valence-electron chi connectivity index (χ4n) is 6.56. The first-order chi connectivity index (χ1) is 33.7. The highest BCUT2D eigenvalue weighted by Gasteiger charge is 2.28. The van der Waals surface area contributed by atoms with Gasteiger partial charge in [-0.1, -0.05) is 24.3 Å². The van der Waals surface area contributed by atoms with Crippen LogP contribution in [-0.4, -0.2) is 111 Å². The van der Waals surface area contributed by atoms with E-state index in [4.69, 9.17) is 10.5 Å².